The molecule has 0 bridgehead atoms. The fourth-order valence-electron chi connectivity index (χ4n) is 1.63. The summed E-state index contributed by atoms with van der Waals surface area (Å²) in [5.74, 6) is 0.0921. The molecule has 0 unspecified atom stereocenters. The molecule has 0 saturated heterocycles. The predicted octanol–water partition coefficient (Wildman–Crippen LogP) is 1.96. The molecule has 1 amide bonds. The molecule has 6 heteroatoms. The summed E-state index contributed by atoms with van der Waals surface area (Å²) in [5.41, 5.74) is 4.18. The number of amides is 1. The third-order valence-electron chi connectivity index (χ3n) is 2.80. The largest absolute Gasteiger partial charge is 0.484 e. The highest BCUT2D eigenvalue weighted by Gasteiger charge is 2.01. The Kier molecular flexibility index (Phi) is 5.45. The van der Waals surface area contributed by atoms with E-state index in [2.05, 4.69) is 10.5 Å². The van der Waals surface area contributed by atoms with Crippen LogP contribution in [0.25, 0.3) is 0 Å². The van der Waals surface area contributed by atoms with Gasteiger partial charge in [0.15, 0.2) is 6.61 Å². The Balaban J connectivity index is 1.79. The minimum Gasteiger partial charge on any atom is -0.484 e. The molecule has 0 aliphatic heterocycles. The van der Waals surface area contributed by atoms with Gasteiger partial charge in [0.05, 0.1) is 29.5 Å². The van der Waals surface area contributed by atoms with Crippen LogP contribution >= 0.6 is 0 Å². The van der Waals surface area contributed by atoms with E-state index in [0.29, 0.717) is 16.9 Å². The predicted molar refractivity (Wildman–Crippen MR) is 83.5 cm³/mol. The maximum Gasteiger partial charge on any atom is 0.277 e. The molecule has 0 atom stereocenters. The van der Waals surface area contributed by atoms with Crippen LogP contribution in [0, 0.1) is 22.7 Å². The van der Waals surface area contributed by atoms with E-state index in [1.165, 1.54) is 6.21 Å². The Bertz CT molecular complexity index is 781. The zero-order chi connectivity index (χ0) is 16.5. The fraction of sp³-hybridized carbons (Fsp3) is 0.0588. The standard InChI is InChI=1S/C17H12N4O2/c18-9-13-1-3-15(4-2-13)11-20-21-17(22)12-23-16-7-5-14(10-19)6-8-16/h1-8,11H,12H2,(H,21,22)/b20-11+. The quantitative estimate of drug-likeness (QED) is 0.674. The van der Waals surface area contributed by atoms with E-state index in [0.717, 1.165) is 5.56 Å². The summed E-state index contributed by atoms with van der Waals surface area (Å²) >= 11 is 0. The van der Waals surface area contributed by atoms with Crippen molar-refractivity contribution in [2.24, 2.45) is 5.10 Å². The van der Waals surface area contributed by atoms with Crippen molar-refractivity contribution in [3.05, 3.63) is 65.2 Å². The number of nitriles is 2. The van der Waals surface area contributed by atoms with Gasteiger partial charge < -0.3 is 4.74 Å². The lowest BCUT2D eigenvalue weighted by Crippen LogP contribution is -2.24. The lowest BCUT2D eigenvalue weighted by Gasteiger charge is -2.04. The molecule has 2 aromatic carbocycles. The third-order valence-corrected chi connectivity index (χ3v) is 2.80. The van der Waals surface area contributed by atoms with Gasteiger partial charge in [-0.3, -0.25) is 4.79 Å². The van der Waals surface area contributed by atoms with E-state index in [-0.39, 0.29) is 6.61 Å². The van der Waals surface area contributed by atoms with E-state index in [1.54, 1.807) is 48.5 Å². The molecule has 0 spiro atoms. The molecule has 0 aromatic heterocycles. The van der Waals surface area contributed by atoms with Gasteiger partial charge in [0.1, 0.15) is 5.75 Å². The van der Waals surface area contributed by atoms with Gasteiger partial charge in [0, 0.05) is 0 Å². The van der Waals surface area contributed by atoms with Crippen LogP contribution in [0.5, 0.6) is 5.75 Å². The average molecular weight is 304 g/mol. The molecule has 112 valence electrons. The summed E-state index contributed by atoms with van der Waals surface area (Å²) in [6, 6.07) is 17.2. The molecular formula is C17H12N4O2. The maximum atomic E-state index is 11.6. The molecule has 6 nitrogen and oxygen atoms in total. The minimum atomic E-state index is -0.403. The van der Waals surface area contributed by atoms with Crippen LogP contribution in [0.2, 0.25) is 0 Å². The van der Waals surface area contributed by atoms with E-state index in [4.69, 9.17) is 15.3 Å². The number of ether oxygens (including phenoxy) is 1. The Hall–Kier alpha value is -3.64. The molecule has 1 N–H and O–H groups in total. The molecule has 0 aliphatic carbocycles. The van der Waals surface area contributed by atoms with Gasteiger partial charge in [-0.05, 0) is 42.0 Å². The maximum absolute atomic E-state index is 11.6. The number of carbonyl (C=O) groups is 1. The molecule has 2 rings (SSSR count). The zero-order valence-corrected chi connectivity index (χ0v) is 12.1. The number of hydrogen-bond donors (Lipinski definition) is 1. The van der Waals surface area contributed by atoms with Crippen molar-refractivity contribution in [1.82, 2.24) is 5.43 Å². The Morgan fingerprint density at radius 3 is 2.17 bits per heavy atom. The Morgan fingerprint density at radius 2 is 1.61 bits per heavy atom. The lowest BCUT2D eigenvalue weighted by atomic mass is 10.2. The number of nitrogens with one attached hydrogen (secondary N) is 1. The SMILES string of the molecule is N#Cc1ccc(/C=N/NC(=O)COc2ccc(C#N)cc2)cc1. The normalized spacial score (nSPS) is 9.83. The van der Waals surface area contributed by atoms with Gasteiger partial charge in [0.25, 0.3) is 5.91 Å². The molecule has 0 aliphatic rings. The average Bonchev–Trinajstić information content (AvgIpc) is 2.61. The Labute approximate surface area is 133 Å². The fourth-order valence-corrected chi connectivity index (χ4v) is 1.63. The molecule has 2 aromatic rings. The number of hydrogen-bond acceptors (Lipinski definition) is 5. The lowest BCUT2D eigenvalue weighted by molar-refractivity contribution is -0.123. The highest BCUT2D eigenvalue weighted by atomic mass is 16.5. The van der Waals surface area contributed by atoms with Crippen molar-refractivity contribution < 1.29 is 9.53 Å². The Morgan fingerprint density at radius 1 is 1.04 bits per heavy atom. The molecule has 0 heterocycles. The molecular weight excluding hydrogens is 292 g/mol. The second-order valence-corrected chi connectivity index (χ2v) is 4.45. The van der Waals surface area contributed by atoms with Crippen molar-refractivity contribution in [3.63, 3.8) is 0 Å². The van der Waals surface area contributed by atoms with Gasteiger partial charge in [-0.25, -0.2) is 5.43 Å². The summed E-state index contributed by atoms with van der Waals surface area (Å²) in [6.45, 7) is -0.184. The summed E-state index contributed by atoms with van der Waals surface area (Å²) in [7, 11) is 0. The third kappa shape index (κ3) is 5.00. The minimum absolute atomic E-state index is 0.184. The number of rotatable bonds is 5. The second-order valence-electron chi connectivity index (χ2n) is 4.45. The summed E-state index contributed by atoms with van der Waals surface area (Å²) in [4.78, 5) is 11.6. The van der Waals surface area contributed by atoms with E-state index >= 15 is 0 Å². The monoisotopic (exact) mass is 304 g/mol. The first kappa shape index (κ1) is 15.7. The summed E-state index contributed by atoms with van der Waals surface area (Å²) < 4.78 is 5.27. The molecule has 23 heavy (non-hydrogen) atoms. The highest BCUT2D eigenvalue weighted by Crippen LogP contribution is 2.11. The number of nitrogens with zero attached hydrogens (tertiary/aromatic N) is 3. The van der Waals surface area contributed by atoms with Gasteiger partial charge >= 0.3 is 0 Å². The number of carbonyl (C=O) groups excluding carboxylic acids is 1. The van der Waals surface area contributed by atoms with E-state index in [1.807, 2.05) is 12.1 Å². The summed E-state index contributed by atoms with van der Waals surface area (Å²) in [5, 5.41) is 21.2. The van der Waals surface area contributed by atoms with E-state index < -0.39 is 5.91 Å². The van der Waals surface area contributed by atoms with Crippen molar-refractivity contribution in [3.8, 4) is 17.9 Å². The summed E-state index contributed by atoms with van der Waals surface area (Å²) in [6.07, 6.45) is 1.47. The van der Waals surface area contributed by atoms with Crippen LogP contribution in [0.15, 0.2) is 53.6 Å². The van der Waals surface area contributed by atoms with Crippen LogP contribution in [0.4, 0.5) is 0 Å². The number of hydrazone groups is 1. The topological polar surface area (TPSA) is 98.3 Å². The van der Waals surface area contributed by atoms with Crippen molar-refractivity contribution in [2.75, 3.05) is 6.61 Å². The van der Waals surface area contributed by atoms with Gasteiger partial charge in [0.2, 0.25) is 0 Å². The second kappa shape index (κ2) is 7.96. The molecule has 0 saturated carbocycles. The van der Waals surface area contributed by atoms with Crippen LogP contribution < -0.4 is 10.2 Å². The van der Waals surface area contributed by atoms with Crippen molar-refractivity contribution in [2.45, 2.75) is 0 Å². The molecule has 0 fully saturated rings. The van der Waals surface area contributed by atoms with Crippen LogP contribution in [-0.2, 0) is 4.79 Å². The van der Waals surface area contributed by atoms with Crippen LogP contribution in [-0.4, -0.2) is 18.7 Å². The van der Waals surface area contributed by atoms with E-state index in [9.17, 15) is 4.79 Å². The van der Waals surface area contributed by atoms with Crippen LogP contribution in [0.3, 0.4) is 0 Å². The van der Waals surface area contributed by atoms with Gasteiger partial charge in [-0.2, -0.15) is 15.6 Å². The number of benzene rings is 2. The smallest absolute Gasteiger partial charge is 0.277 e. The van der Waals surface area contributed by atoms with Crippen molar-refractivity contribution in [1.29, 1.82) is 10.5 Å². The highest BCUT2D eigenvalue weighted by molar-refractivity contribution is 5.83. The first-order chi connectivity index (χ1) is 11.2. The zero-order valence-electron chi connectivity index (χ0n) is 12.1. The first-order valence-electron chi connectivity index (χ1n) is 6.66. The first-order valence-corrected chi connectivity index (χ1v) is 6.66. The van der Waals surface area contributed by atoms with Crippen molar-refractivity contribution >= 4 is 12.1 Å². The van der Waals surface area contributed by atoms with Crippen LogP contribution in [0.1, 0.15) is 16.7 Å². The van der Waals surface area contributed by atoms with Gasteiger partial charge in [-0.1, -0.05) is 12.1 Å². The molecule has 0 radical (unpaired) electrons. The van der Waals surface area contributed by atoms with Gasteiger partial charge in [-0.15, -0.1) is 0 Å².